The molecule has 106 valence electrons. The average Bonchev–Trinajstić information content (AvgIpc) is 2.84. The molecule has 20 heavy (non-hydrogen) atoms. The smallest absolute Gasteiger partial charge is 0.341 e. The molecule has 2 aromatic rings. The van der Waals surface area contributed by atoms with Gasteiger partial charge in [-0.25, -0.2) is 13.9 Å². The lowest BCUT2D eigenvalue weighted by Crippen LogP contribution is -2.08. The Balaban J connectivity index is 2.55. The van der Waals surface area contributed by atoms with Gasteiger partial charge in [0.05, 0.1) is 18.5 Å². The molecule has 0 radical (unpaired) electrons. The molecule has 1 aromatic heterocycles. The van der Waals surface area contributed by atoms with Gasteiger partial charge in [0.25, 0.3) is 0 Å². The van der Waals surface area contributed by atoms with Crippen LogP contribution in [0.15, 0.2) is 30.5 Å². The highest BCUT2D eigenvalue weighted by atomic mass is 19.3. The molecule has 0 unspecified atom stereocenters. The predicted molar refractivity (Wildman–Crippen MR) is 64.8 cm³/mol. The Hall–Kier alpha value is -2.31. The fraction of sp³-hybridized carbons (Fsp3) is 0.231. The molecule has 0 aliphatic carbocycles. The van der Waals surface area contributed by atoms with Crippen LogP contribution in [0.2, 0.25) is 0 Å². The zero-order valence-electron chi connectivity index (χ0n) is 10.5. The lowest BCUT2D eigenvalue weighted by Gasteiger charge is -2.08. The molecule has 1 heterocycles. The van der Waals surface area contributed by atoms with Crippen molar-refractivity contribution >= 4 is 5.97 Å². The monoisotopic (exact) mass is 284 g/mol. The first kappa shape index (κ1) is 14.1. The number of rotatable bonds is 4. The molecule has 1 aromatic carbocycles. The van der Waals surface area contributed by atoms with Crippen molar-refractivity contribution in [3.05, 3.63) is 41.8 Å². The number of halogens is 3. The van der Waals surface area contributed by atoms with Gasteiger partial charge in [-0.3, -0.25) is 0 Å². The minimum Gasteiger partial charge on any atom is -0.462 e. The molecule has 0 aliphatic heterocycles. The molecule has 4 nitrogen and oxygen atoms in total. The highest BCUT2D eigenvalue weighted by molar-refractivity contribution is 5.96. The van der Waals surface area contributed by atoms with Crippen LogP contribution in [-0.2, 0) is 4.74 Å². The zero-order chi connectivity index (χ0) is 14.7. The largest absolute Gasteiger partial charge is 0.462 e. The van der Waals surface area contributed by atoms with Gasteiger partial charge < -0.3 is 4.74 Å². The van der Waals surface area contributed by atoms with E-state index in [4.69, 9.17) is 4.74 Å². The molecule has 0 bridgehead atoms. The van der Waals surface area contributed by atoms with E-state index in [-0.39, 0.29) is 23.4 Å². The topological polar surface area (TPSA) is 44.1 Å². The maximum absolute atomic E-state index is 12.9. The van der Waals surface area contributed by atoms with E-state index in [0.717, 1.165) is 18.3 Å². The van der Waals surface area contributed by atoms with Crippen LogP contribution in [0.4, 0.5) is 13.2 Å². The van der Waals surface area contributed by atoms with Crippen LogP contribution in [0, 0.1) is 5.82 Å². The lowest BCUT2D eigenvalue weighted by atomic mass is 10.1. The fourth-order valence-electron chi connectivity index (χ4n) is 1.76. The highest BCUT2D eigenvalue weighted by Crippen LogP contribution is 2.28. The molecular weight excluding hydrogens is 273 g/mol. The quantitative estimate of drug-likeness (QED) is 0.809. The summed E-state index contributed by atoms with van der Waals surface area (Å²) in [6, 6.07) is 4.84. The Morgan fingerprint density at radius 1 is 1.35 bits per heavy atom. The molecule has 0 amide bonds. The number of hydrogen-bond donors (Lipinski definition) is 0. The van der Waals surface area contributed by atoms with Crippen LogP contribution >= 0.6 is 0 Å². The van der Waals surface area contributed by atoms with Gasteiger partial charge in [-0.15, -0.1) is 0 Å². The van der Waals surface area contributed by atoms with Crippen molar-refractivity contribution in [2.75, 3.05) is 6.61 Å². The lowest BCUT2D eigenvalue weighted by molar-refractivity contribution is 0.0522. The minimum absolute atomic E-state index is 0.0845. The molecule has 2 rings (SSSR count). The summed E-state index contributed by atoms with van der Waals surface area (Å²) in [6.07, 6.45) is 1.02. The number of esters is 1. The molecule has 0 saturated heterocycles. The van der Waals surface area contributed by atoms with Crippen molar-refractivity contribution in [2.24, 2.45) is 0 Å². The number of nitrogens with zero attached hydrogens (tertiary/aromatic N) is 2. The summed E-state index contributed by atoms with van der Waals surface area (Å²) < 4.78 is 44.0. The predicted octanol–water partition coefficient (Wildman–Crippen LogP) is 3.26. The number of carbonyl (C=O) groups excluding carboxylic acids is 1. The van der Waals surface area contributed by atoms with Gasteiger partial charge >= 0.3 is 12.5 Å². The van der Waals surface area contributed by atoms with E-state index < -0.39 is 18.3 Å². The van der Waals surface area contributed by atoms with E-state index in [1.807, 2.05) is 0 Å². The second-order valence-corrected chi connectivity index (χ2v) is 3.86. The van der Waals surface area contributed by atoms with Crippen molar-refractivity contribution in [3.8, 4) is 11.3 Å². The van der Waals surface area contributed by atoms with Crippen LogP contribution in [0.1, 0.15) is 23.8 Å². The summed E-state index contributed by atoms with van der Waals surface area (Å²) in [6.45, 7) is -1.20. The van der Waals surface area contributed by atoms with Crippen LogP contribution in [0.3, 0.4) is 0 Å². The van der Waals surface area contributed by atoms with E-state index in [2.05, 4.69) is 5.10 Å². The molecule has 0 atom stereocenters. The van der Waals surface area contributed by atoms with Crippen LogP contribution in [0.25, 0.3) is 11.3 Å². The van der Waals surface area contributed by atoms with Crippen molar-refractivity contribution in [1.29, 1.82) is 0 Å². The van der Waals surface area contributed by atoms with Crippen molar-refractivity contribution < 1.29 is 22.7 Å². The maximum atomic E-state index is 12.9. The Bertz CT molecular complexity index is 609. The van der Waals surface area contributed by atoms with Gasteiger partial charge in [0.2, 0.25) is 0 Å². The Morgan fingerprint density at radius 3 is 2.55 bits per heavy atom. The van der Waals surface area contributed by atoms with Gasteiger partial charge in [0.15, 0.2) is 0 Å². The van der Waals surface area contributed by atoms with Crippen molar-refractivity contribution in [2.45, 2.75) is 13.5 Å². The Kier molecular flexibility index (Phi) is 4.07. The zero-order valence-corrected chi connectivity index (χ0v) is 10.5. The highest BCUT2D eigenvalue weighted by Gasteiger charge is 2.23. The molecular formula is C13H11F3N2O2. The van der Waals surface area contributed by atoms with Crippen molar-refractivity contribution in [3.63, 3.8) is 0 Å². The number of ether oxygens (including phenoxy) is 1. The third-order valence-electron chi connectivity index (χ3n) is 2.59. The van der Waals surface area contributed by atoms with Crippen LogP contribution in [-0.4, -0.2) is 22.4 Å². The average molecular weight is 284 g/mol. The van der Waals surface area contributed by atoms with Gasteiger partial charge in [-0.2, -0.15) is 13.9 Å². The van der Waals surface area contributed by atoms with E-state index in [0.29, 0.717) is 4.68 Å². The summed E-state index contributed by atoms with van der Waals surface area (Å²) in [7, 11) is 0. The fourth-order valence-corrected chi connectivity index (χ4v) is 1.76. The number of aromatic nitrogens is 2. The van der Waals surface area contributed by atoms with E-state index in [1.54, 1.807) is 6.92 Å². The third-order valence-corrected chi connectivity index (χ3v) is 2.59. The summed E-state index contributed by atoms with van der Waals surface area (Å²) in [5.41, 5.74) is 0.0736. The van der Waals surface area contributed by atoms with Gasteiger partial charge in [-0.1, -0.05) is 0 Å². The third kappa shape index (κ3) is 2.66. The van der Waals surface area contributed by atoms with Gasteiger partial charge in [0.1, 0.15) is 11.4 Å². The molecule has 7 heteroatoms. The first-order valence-corrected chi connectivity index (χ1v) is 5.83. The molecule has 0 fully saturated rings. The first-order valence-electron chi connectivity index (χ1n) is 5.83. The molecule has 0 aliphatic rings. The Labute approximate surface area is 112 Å². The molecule has 0 N–H and O–H groups in total. The normalized spacial score (nSPS) is 10.8. The van der Waals surface area contributed by atoms with Gasteiger partial charge in [0, 0.05) is 5.56 Å². The second-order valence-electron chi connectivity index (χ2n) is 3.86. The van der Waals surface area contributed by atoms with Crippen molar-refractivity contribution in [1.82, 2.24) is 9.78 Å². The summed E-state index contributed by atoms with van der Waals surface area (Å²) in [5.74, 6) is -1.26. The van der Waals surface area contributed by atoms with Gasteiger partial charge in [-0.05, 0) is 31.2 Å². The summed E-state index contributed by atoms with van der Waals surface area (Å²) in [5, 5.41) is 3.49. The second kappa shape index (κ2) is 5.77. The first-order chi connectivity index (χ1) is 9.54. The number of benzene rings is 1. The number of hydrogen-bond acceptors (Lipinski definition) is 3. The van der Waals surface area contributed by atoms with Crippen LogP contribution in [0.5, 0.6) is 0 Å². The number of alkyl halides is 2. The summed E-state index contributed by atoms with van der Waals surface area (Å²) >= 11 is 0. The summed E-state index contributed by atoms with van der Waals surface area (Å²) in [4.78, 5) is 11.7. The molecule has 0 saturated carbocycles. The molecule has 0 spiro atoms. The standard InChI is InChI=1S/C13H11F3N2O2/c1-2-20-12(19)10-7-17-18(13(15)16)11(10)8-3-5-9(14)6-4-8/h3-7,13H,2H2,1H3. The SMILES string of the molecule is CCOC(=O)c1cnn(C(F)F)c1-c1ccc(F)cc1. The minimum atomic E-state index is -2.92. The van der Waals surface area contributed by atoms with E-state index in [9.17, 15) is 18.0 Å². The van der Waals surface area contributed by atoms with Crippen LogP contribution < -0.4 is 0 Å². The Morgan fingerprint density at radius 2 is 2.00 bits per heavy atom. The van der Waals surface area contributed by atoms with E-state index >= 15 is 0 Å². The number of carbonyl (C=O) groups is 1. The maximum Gasteiger partial charge on any atom is 0.341 e. The van der Waals surface area contributed by atoms with E-state index in [1.165, 1.54) is 12.1 Å².